The number of thiocarbonyl (C=S) groups is 1. The Morgan fingerprint density at radius 1 is 1.03 bits per heavy atom. The molecule has 0 spiro atoms. The van der Waals surface area contributed by atoms with Gasteiger partial charge in [0, 0.05) is 48.7 Å². The fourth-order valence-electron chi connectivity index (χ4n) is 5.18. The number of aromatic nitrogens is 2. The normalized spacial score (nSPS) is 16.8. The van der Waals surface area contributed by atoms with Crippen LogP contribution in [0.2, 0.25) is 0 Å². The van der Waals surface area contributed by atoms with Crippen LogP contribution in [0.5, 0.6) is 0 Å². The third-order valence-electron chi connectivity index (χ3n) is 6.98. The Morgan fingerprint density at radius 2 is 1.74 bits per heavy atom. The van der Waals surface area contributed by atoms with Crippen molar-refractivity contribution in [2.45, 2.75) is 25.9 Å². The number of carbonyl (C=O) groups excluding carboxylic acids is 1. The van der Waals surface area contributed by atoms with E-state index in [9.17, 15) is 4.79 Å². The Hall–Kier alpha value is -4.17. The average Bonchev–Trinajstić information content (AvgIpc) is 3.39. The quantitative estimate of drug-likeness (QED) is 0.326. The number of hydrogen-bond donors (Lipinski definition) is 2. The van der Waals surface area contributed by atoms with Crippen molar-refractivity contribution in [2.24, 2.45) is 0 Å². The van der Waals surface area contributed by atoms with Gasteiger partial charge in [0.15, 0.2) is 5.11 Å². The Bertz CT molecular complexity index is 1430. The van der Waals surface area contributed by atoms with Gasteiger partial charge in [-0.05, 0) is 86.2 Å². The summed E-state index contributed by atoms with van der Waals surface area (Å²) in [5.74, 6) is -0.125. The molecule has 0 bridgehead atoms. The zero-order valence-corrected chi connectivity index (χ0v) is 22.9. The van der Waals surface area contributed by atoms with Crippen molar-refractivity contribution in [3.8, 4) is 5.69 Å². The maximum Gasteiger partial charge on any atom is 0.244 e. The van der Waals surface area contributed by atoms with Crippen molar-refractivity contribution in [1.29, 1.82) is 0 Å². The monoisotopic (exact) mass is 524 g/mol. The Labute approximate surface area is 229 Å². The van der Waals surface area contributed by atoms with Gasteiger partial charge in [-0.3, -0.25) is 9.78 Å². The van der Waals surface area contributed by atoms with E-state index in [1.54, 1.807) is 6.20 Å². The molecule has 7 nitrogen and oxygen atoms in total. The van der Waals surface area contributed by atoms with Crippen molar-refractivity contribution >= 4 is 34.6 Å². The van der Waals surface area contributed by atoms with Crippen molar-refractivity contribution in [3.63, 3.8) is 0 Å². The second kappa shape index (κ2) is 10.7. The summed E-state index contributed by atoms with van der Waals surface area (Å²) in [4.78, 5) is 21.8. The smallest absolute Gasteiger partial charge is 0.244 e. The lowest BCUT2D eigenvalue weighted by molar-refractivity contribution is -0.116. The summed E-state index contributed by atoms with van der Waals surface area (Å²) >= 11 is 5.79. The maximum atomic E-state index is 13.1. The third kappa shape index (κ3) is 4.99. The largest absolute Gasteiger partial charge is 0.378 e. The fraction of sp³-hybridized carbons (Fsp3) is 0.233. The van der Waals surface area contributed by atoms with Crippen molar-refractivity contribution in [3.05, 3.63) is 108 Å². The van der Waals surface area contributed by atoms with Crippen LogP contribution in [0.15, 0.2) is 85.1 Å². The van der Waals surface area contributed by atoms with Crippen LogP contribution in [-0.4, -0.2) is 46.1 Å². The first-order valence-electron chi connectivity index (χ1n) is 12.6. The molecule has 1 amide bonds. The molecule has 0 radical (unpaired) electrons. The zero-order valence-electron chi connectivity index (χ0n) is 22.1. The molecule has 1 fully saturated rings. The van der Waals surface area contributed by atoms with Crippen LogP contribution in [0.3, 0.4) is 0 Å². The number of aryl methyl sites for hydroxylation is 1. The molecular weight excluding hydrogens is 492 g/mol. The van der Waals surface area contributed by atoms with Crippen LogP contribution in [0.4, 0.5) is 11.4 Å². The highest BCUT2D eigenvalue weighted by Gasteiger charge is 2.42. The van der Waals surface area contributed by atoms with E-state index in [1.165, 1.54) is 0 Å². The highest BCUT2D eigenvalue weighted by molar-refractivity contribution is 7.80. The van der Waals surface area contributed by atoms with Crippen LogP contribution < -0.4 is 15.5 Å². The highest BCUT2D eigenvalue weighted by Crippen LogP contribution is 2.41. The number of pyridine rings is 1. The minimum atomic E-state index is -0.208. The molecule has 0 aliphatic carbocycles. The Kier molecular flexibility index (Phi) is 7.15. The topological polar surface area (TPSA) is 65.4 Å². The number of amides is 1. The molecule has 2 aromatic heterocycles. The van der Waals surface area contributed by atoms with E-state index in [0.717, 1.165) is 39.7 Å². The number of benzene rings is 2. The molecule has 2 atom stereocenters. The van der Waals surface area contributed by atoms with Gasteiger partial charge in [0.05, 0.1) is 17.8 Å². The summed E-state index contributed by atoms with van der Waals surface area (Å²) < 4.78 is 2.26. The minimum Gasteiger partial charge on any atom is -0.378 e. The van der Waals surface area contributed by atoms with Crippen molar-refractivity contribution < 1.29 is 4.79 Å². The SMILES string of the molecule is Cc1cc([C@@H]2[C@@H](c3ccccn3)NC(=S)N2CC(=O)Nc2ccccc2)c(C)n1-c1ccc(N(C)C)cc1. The molecule has 2 aromatic carbocycles. The molecule has 1 aliphatic rings. The van der Waals surface area contributed by atoms with Crippen LogP contribution in [-0.2, 0) is 4.79 Å². The number of para-hydroxylation sites is 1. The van der Waals surface area contributed by atoms with Gasteiger partial charge >= 0.3 is 0 Å². The predicted molar refractivity (Wildman–Crippen MR) is 157 cm³/mol. The van der Waals surface area contributed by atoms with Gasteiger partial charge in [0.1, 0.15) is 6.54 Å². The summed E-state index contributed by atoms with van der Waals surface area (Å²) in [6.07, 6.45) is 1.79. The van der Waals surface area contributed by atoms with Gasteiger partial charge in [0.2, 0.25) is 5.91 Å². The first kappa shape index (κ1) is 25.5. The van der Waals surface area contributed by atoms with Gasteiger partial charge in [-0.2, -0.15) is 0 Å². The fourth-order valence-corrected chi connectivity index (χ4v) is 5.48. The van der Waals surface area contributed by atoms with Crippen molar-refractivity contribution in [2.75, 3.05) is 30.9 Å². The average molecular weight is 525 g/mol. The van der Waals surface area contributed by atoms with E-state index in [0.29, 0.717) is 5.11 Å². The van der Waals surface area contributed by atoms with Crippen LogP contribution in [0, 0.1) is 13.8 Å². The molecular formula is C30H32N6OS. The second-order valence-electron chi connectivity index (χ2n) is 9.74. The molecule has 38 heavy (non-hydrogen) atoms. The number of carbonyl (C=O) groups is 1. The maximum absolute atomic E-state index is 13.1. The summed E-state index contributed by atoms with van der Waals surface area (Å²) in [6, 6.07) is 25.7. The van der Waals surface area contributed by atoms with Gasteiger partial charge in [-0.25, -0.2) is 0 Å². The number of nitrogens with one attached hydrogen (secondary N) is 2. The lowest BCUT2D eigenvalue weighted by Crippen LogP contribution is -2.37. The summed E-state index contributed by atoms with van der Waals surface area (Å²) in [5, 5.41) is 6.98. The number of anilines is 2. The first-order chi connectivity index (χ1) is 18.3. The standard InChI is InChI=1S/C30H32N6OS/c1-20-18-25(21(2)36(20)24-15-13-23(14-16-24)34(3)4)29-28(26-12-8-9-17-31-26)33-30(38)35(29)19-27(37)32-22-10-6-5-7-11-22/h5-18,28-29H,19H2,1-4H3,(H,32,37)(H,33,38)/t28-,29-/m1/s1. The van der Waals surface area contributed by atoms with Gasteiger partial charge < -0.3 is 25.0 Å². The van der Waals surface area contributed by atoms with E-state index in [4.69, 9.17) is 12.2 Å². The molecule has 5 rings (SSSR count). The lowest BCUT2D eigenvalue weighted by Gasteiger charge is -2.27. The lowest BCUT2D eigenvalue weighted by atomic mass is 9.96. The highest BCUT2D eigenvalue weighted by atomic mass is 32.1. The van der Waals surface area contributed by atoms with E-state index in [1.807, 2.05) is 67.5 Å². The number of rotatable bonds is 7. The summed E-state index contributed by atoms with van der Waals surface area (Å²) in [6.45, 7) is 4.36. The molecule has 8 heteroatoms. The molecule has 2 N–H and O–H groups in total. The molecule has 3 heterocycles. The molecule has 1 saturated heterocycles. The van der Waals surface area contributed by atoms with Crippen LogP contribution in [0.25, 0.3) is 5.69 Å². The van der Waals surface area contributed by atoms with Crippen molar-refractivity contribution in [1.82, 2.24) is 19.8 Å². The predicted octanol–water partition coefficient (Wildman–Crippen LogP) is 5.17. The minimum absolute atomic E-state index is 0.121. The zero-order chi connectivity index (χ0) is 26.8. The van der Waals surface area contributed by atoms with Gasteiger partial charge in [-0.15, -0.1) is 0 Å². The second-order valence-corrected chi connectivity index (χ2v) is 10.1. The van der Waals surface area contributed by atoms with Gasteiger partial charge in [0.25, 0.3) is 0 Å². The summed E-state index contributed by atoms with van der Waals surface area (Å²) in [5.41, 5.74) is 7.20. The molecule has 1 aliphatic heterocycles. The van der Waals surface area contributed by atoms with E-state index in [2.05, 4.69) is 69.3 Å². The molecule has 0 saturated carbocycles. The molecule has 0 unspecified atom stereocenters. The van der Waals surface area contributed by atoms with Crippen LogP contribution in [0.1, 0.15) is 34.7 Å². The Balaban J connectivity index is 1.52. The van der Waals surface area contributed by atoms with E-state index >= 15 is 0 Å². The third-order valence-corrected chi connectivity index (χ3v) is 7.33. The van der Waals surface area contributed by atoms with Gasteiger partial charge in [-0.1, -0.05) is 24.3 Å². The first-order valence-corrected chi connectivity index (χ1v) is 13.0. The van der Waals surface area contributed by atoms with E-state index in [-0.39, 0.29) is 24.5 Å². The summed E-state index contributed by atoms with van der Waals surface area (Å²) in [7, 11) is 4.07. The van der Waals surface area contributed by atoms with Crippen LogP contribution >= 0.6 is 12.2 Å². The number of hydrogen-bond acceptors (Lipinski definition) is 4. The molecule has 4 aromatic rings. The Morgan fingerprint density at radius 3 is 2.39 bits per heavy atom. The molecule has 194 valence electrons. The van der Waals surface area contributed by atoms with E-state index < -0.39 is 0 Å². The number of nitrogens with zero attached hydrogens (tertiary/aromatic N) is 4.